The van der Waals surface area contributed by atoms with E-state index in [2.05, 4.69) is 23.0 Å². The molecule has 0 heterocycles. The second kappa shape index (κ2) is 10.5. The molecule has 0 spiro atoms. The number of aliphatic imine (C=N–C) groups is 1. The summed E-state index contributed by atoms with van der Waals surface area (Å²) in [5.74, 6) is 1.38. The van der Waals surface area contributed by atoms with Gasteiger partial charge in [-0.25, -0.2) is 4.99 Å². The summed E-state index contributed by atoms with van der Waals surface area (Å²) < 4.78 is 6.07. The second-order valence-corrected chi connectivity index (χ2v) is 6.04. The maximum atomic E-state index is 6.07. The lowest BCUT2D eigenvalue weighted by Gasteiger charge is -2.23. The number of benzene rings is 1. The van der Waals surface area contributed by atoms with Crippen molar-refractivity contribution in [1.82, 2.24) is 5.32 Å². The predicted molar refractivity (Wildman–Crippen MR) is 108 cm³/mol. The number of hydrogen-bond donors (Lipinski definition) is 2. The molecule has 3 N–H and O–H groups in total. The largest absolute Gasteiger partial charge is 0.490 e. The summed E-state index contributed by atoms with van der Waals surface area (Å²) in [7, 11) is 0. The molecule has 0 unspecified atom stereocenters. The summed E-state index contributed by atoms with van der Waals surface area (Å²) in [5, 5.41) is 3.03. The van der Waals surface area contributed by atoms with E-state index in [1.165, 1.54) is 32.1 Å². The zero-order chi connectivity index (χ0) is 15.8. The number of ether oxygens (including phenoxy) is 1. The number of hydrogen-bond acceptors (Lipinski definition) is 2. The molecule has 1 fully saturated rings. The maximum Gasteiger partial charge on any atom is 0.189 e. The van der Waals surface area contributed by atoms with Crippen LogP contribution in [0.5, 0.6) is 5.75 Å². The van der Waals surface area contributed by atoms with E-state index in [4.69, 9.17) is 10.5 Å². The molecule has 1 aromatic carbocycles. The Morgan fingerprint density at radius 3 is 2.78 bits per heavy atom. The molecule has 0 radical (unpaired) electrons. The van der Waals surface area contributed by atoms with Crippen molar-refractivity contribution < 1.29 is 4.74 Å². The van der Waals surface area contributed by atoms with Gasteiger partial charge in [0.2, 0.25) is 0 Å². The Hall–Kier alpha value is -1.24. The fourth-order valence-electron chi connectivity index (χ4n) is 2.57. The lowest BCUT2D eigenvalue weighted by molar-refractivity contribution is 0.155. The zero-order valence-electron chi connectivity index (χ0n) is 13.9. The lowest BCUT2D eigenvalue weighted by atomic mass is 9.98. The Balaban J connectivity index is 0.00000264. The van der Waals surface area contributed by atoms with Crippen LogP contribution >= 0.6 is 24.0 Å². The van der Waals surface area contributed by atoms with E-state index in [0.717, 1.165) is 16.9 Å². The van der Waals surface area contributed by atoms with E-state index in [9.17, 15) is 0 Å². The van der Waals surface area contributed by atoms with Gasteiger partial charge in [0.1, 0.15) is 5.75 Å². The minimum absolute atomic E-state index is 0. The molecule has 128 valence electrons. The number of halogens is 1. The summed E-state index contributed by atoms with van der Waals surface area (Å²) in [6.45, 7) is 6.98. The van der Waals surface area contributed by atoms with Gasteiger partial charge in [0.05, 0.1) is 12.6 Å². The Labute approximate surface area is 156 Å². The van der Waals surface area contributed by atoms with Gasteiger partial charge in [-0.15, -0.1) is 24.0 Å². The molecule has 1 aliphatic rings. The fraction of sp³-hybridized carbons (Fsp3) is 0.500. The molecule has 23 heavy (non-hydrogen) atoms. The molecule has 4 nitrogen and oxygen atoms in total. The minimum Gasteiger partial charge on any atom is -0.490 e. The van der Waals surface area contributed by atoms with Crippen LogP contribution in [0.2, 0.25) is 0 Å². The Morgan fingerprint density at radius 2 is 2.09 bits per heavy atom. The van der Waals surface area contributed by atoms with Crippen molar-refractivity contribution in [3.05, 3.63) is 42.0 Å². The highest BCUT2D eigenvalue weighted by molar-refractivity contribution is 14.0. The number of nitrogens with two attached hydrogens (primary N) is 1. The summed E-state index contributed by atoms with van der Waals surface area (Å²) >= 11 is 0. The molecule has 2 rings (SSSR count). The van der Waals surface area contributed by atoms with Gasteiger partial charge in [-0.1, -0.05) is 30.7 Å². The van der Waals surface area contributed by atoms with Crippen molar-refractivity contribution in [2.24, 2.45) is 10.7 Å². The molecule has 0 bridgehead atoms. The highest BCUT2D eigenvalue weighted by atomic mass is 127. The van der Waals surface area contributed by atoms with Crippen molar-refractivity contribution in [2.75, 3.05) is 6.54 Å². The molecular formula is C18H28IN3O. The minimum atomic E-state index is 0. The number of nitrogens with one attached hydrogen (secondary N) is 1. The van der Waals surface area contributed by atoms with Crippen molar-refractivity contribution in [3.8, 4) is 5.75 Å². The first-order valence-electron chi connectivity index (χ1n) is 8.07. The third-order valence-electron chi connectivity index (χ3n) is 3.76. The van der Waals surface area contributed by atoms with Crippen LogP contribution in [-0.4, -0.2) is 18.6 Å². The number of nitrogens with zero attached hydrogens (tertiary/aromatic N) is 1. The zero-order valence-corrected chi connectivity index (χ0v) is 16.2. The van der Waals surface area contributed by atoms with Crippen LogP contribution in [0.4, 0.5) is 0 Å². The summed E-state index contributed by atoms with van der Waals surface area (Å²) in [5.41, 5.74) is 7.96. The third kappa shape index (κ3) is 7.72. The molecular weight excluding hydrogens is 401 g/mol. The molecule has 0 saturated heterocycles. The van der Waals surface area contributed by atoms with Crippen LogP contribution in [-0.2, 0) is 6.54 Å². The highest BCUT2D eigenvalue weighted by Crippen LogP contribution is 2.24. The quantitative estimate of drug-likeness (QED) is 0.311. The molecule has 0 aliphatic heterocycles. The van der Waals surface area contributed by atoms with Crippen LogP contribution < -0.4 is 15.8 Å². The molecule has 1 saturated carbocycles. The average molecular weight is 429 g/mol. The molecule has 5 heteroatoms. The van der Waals surface area contributed by atoms with Crippen LogP contribution in [0.15, 0.2) is 41.4 Å². The van der Waals surface area contributed by atoms with E-state index < -0.39 is 0 Å². The first kappa shape index (κ1) is 19.8. The monoisotopic (exact) mass is 429 g/mol. The summed E-state index contributed by atoms with van der Waals surface area (Å²) in [4.78, 5) is 4.34. The molecule has 1 aliphatic carbocycles. The van der Waals surface area contributed by atoms with Gasteiger partial charge in [-0.2, -0.15) is 0 Å². The first-order valence-corrected chi connectivity index (χ1v) is 8.07. The van der Waals surface area contributed by atoms with Crippen molar-refractivity contribution in [3.63, 3.8) is 0 Å². The maximum absolute atomic E-state index is 6.07. The number of guanidine groups is 1. The lowest BCUT2D eigenvalue weighted by Crippen LogP contribution is -2.32. The van der Waals surface area contributed by atoms with E-state index >= 15 is 0 Å². The third-order valence-corrected chi connectivity index (χ3v) is 3.76. The van der Waals surface area contributed by atoms with Crippen LogP contribution in [0.1, 0.15) is 44.6 Å². The van der Waals surface area contributed by atoms with Crippen LogP contribution in [0.3, 0.4) is 0 Å². The molecule has 0 amide bonds. The van der Waals surface area contributed by atoms with Crippen LogP contribution in [0, 0.1) is 0 Å². The first-order chi connectivity index (χ1) is 10.6. The van der Waals surface area contributed by atoms with E-state index in [1.807, 2.05) is 25.1 Å². The van der Waals surface area contributed by atoms with E-state index in [1.54, 1.807) is 0 Å². The van der Waals surface area contributed by atoms with Gasteiger partial charge >= 0.3 is 0 Å². The standard InChI is InChI=1S/C18H27N3O.HI/c1-14(2)12-20-18(19)21-13-15-7-6-10-17(11-15)22-16-8-4-3-5-9-16;/h6-7,10-11,16H,1,3-5,8-9,12-13H2,2H3,(H3,19,20,21);1H. The summed E-state index contributed by atoms with van der Waals surface area (Å²) in [6, 6.07) is 8.14. The Morgan fingerprint density at radius 1 is 1.35 bits per heavy atom. The summed E-state index contributed by atoms with van der Waals surface area (Å²) in [6.07, 6.45) is 6.60. The SMILES string of the molecule is C=C(C)CNC(N)=NCc1cccc(OC2CCCCC2)c1.I. The number of rotatable bonds is 6. The Kier molecular flexibility index (Phi) is 9.06. The van der Waals surface area contributed by atoms with Crippen molar-refractivity contribution >= 4 is 29.9 Å². The fourth-order valence-corrected chi connectivity index (χ4v) is 2.57. The van der Waals surface area contributed by atoms with Gasteiger partial charge < -0.3 is 15.8 Å². The average Bonchev–Trinajstić information content (AvgIpc) is 2.52. The highest BCUT2D eigenvalue weighted by Gasteiger charge is 2.14. The normalized spacial score (nSPS) is 15.6. The van der Waals surface area contributed by atoms with E-state index in [0.29, 0.717) is 25.2 Å². The molecule has 1 aromatic rings. The van der Waals surface area contributed by atoms with Gasteiger partial charge in [-0.3, -0.25) is 0 Å². The van der Waals surface area contributed by atoms with E-state index in [-0.39, 0.29) is 24.0 Å². The van der Waals surface area contributed by atoms with Gasteiger partial charge in [-0.05, 0) is 50.3 Å². The Bertz CT molecular complexity index is 525. The topological polar surface area (TPSA) is 59.6 Å². The molecule has 0 aromatic heterocycles. The second-order valence-electron chi connectivity index (χ2n) is 6.04. The van der Waals surface area contributed by atoms with Crippen molar-refractivity contribution in [1.29, 1.82) is 0 Å². The van der Waals surface area contributed by atoms with Gasteiger partial charge in [0.25, 0.3) is 0 Å². The van der Waals surface area contributed by atoms with Crippen LogP contribution in [0.25, 0.3) is 0 Å². The molecule has 0 atom stereocenters. The predicted octanol–water partition coefficient (Wildman–Crippen LogP) is 4.00. The van der Waals surface area contributed by atoms with Gasteiger partial charge in [0, 0.05) is 6.54 Å². The van der Waals surface area contributed by atoms with Crippen molar-refractivity contribution in [2.45, 2.75) is 51.7 Å². The smallest absolute Gasteiger partial charge is 0.189 e. The van der Waals surface area contributed by atoms with Gasteiger partial charge in [0.15, 0.2) is 5.96 Å².